The maximum absolute atomic E-state index is 11.3. The molecule has 124 valence electrons. The number of hydrogen-bond acceptors (Lipinski definition) is 6. The first kappa shape index (κ1) is 22.5. The average molecular weight is 330 g/mol. The number of rotatable bonds is 11. The van der Waals surface area contributed by atoms with Gasteiger partial charge in [-0.1, -0.05) is 6.92 Å². The van der Waals surface area contributed by atoms with E-state index in [1.165, 1.54) is 0 Å². The molecule has 0 aromatic carbocycles. The quantitative estimate of drug-likeness (QED) is 0.428. The van der Waals surface area contributed by atoms with E-state index in [1.807, 2.05) is 20.8 Å². The van der Waals surface area contributed by atoms with Crippen molar-refractivity contribution < 1.29 is 26.9 Å². The predicted octanol–water partition coefficient (Wildman–Crippen LogP) is 3.09. The summed E-state index contributed by atoms with van der Waals surface area (Å²) < 4.78 is 36.9. The molecule has 0 N–H and O–H groups in total. The van der Waals surface area contributed by atoms with Gasteiger partial charge in [-0.05, 0) is 34.6 Å². The molecule has 0 bridgehead atoms. The zero-order valence-electron chi connectivity index (χ0n) is 13.7. The van der Waals surface area contributed by atoms with E-state index in [2.05, 4.69) is 0 Å². The molecule has 0 heterocycles. The minimum absolute atomic E-state index is 0.450. The molecule has 0 unspecified atom stereocenters. The average Bonchev–Trinajstić information content (AvgIpc) is 2.41. The molecule has 0 spiro atoms. The molecule has 0 aliphatic rings. The predicted molar refractivity (Wildman–Crippen MR) is 83.4 cm³/mol. The summed E-state index contributed by atoms with van der Waals surface area (Å²) in [7, 11) is -4.43. The molecule has 0 fully saturated rings. The van der Waals surface area contributed by atoms with Gasteiger partial charge in [0.05, 0.1) is 13.2 Å². The Hall–Kier alpha value is 0.247. The van der Waals surface area contributed by atoms with Crippen LogP contribution in [0.1, 0.15) is 41.5 Å². The maximum atomic E-state index is 11.3. The molecule has 0 radical (unpaired) electrons. The second-order valence-corrected chi connectivity index (χ2v) is 7.37. The van der Waals surface area contributed by atoms with Gasteiger partial charge in [0.1, 0.15) is 0 Å². The van der Waals surface area contributed by atoms with Crippen molar-refractivity contribution in [1.82, 2.24) is 0 Å². The van der Waals surface area contributed by atoms with Crippen molar-refractivity contribution in [3.63, 3.8) is 0 Å². The molecule has 0 aromatic rings. The highest BCUT2D eigenvalue weighted by atomic mass is 31.2. The lowest BCUT2D eigenvalue weighted by atomic mass is 10.9. The van der Waals surface area contributed by atoms with Crippen LogP contribution in [0.5, 0.6) is 0 Å². The minimum Gasteiger partial charge on any atom is -0.376 e. The van der Waals surface area contributed by atoms with E-state index in [0.29, 0.717) is 39.2 Å². The van der Waals surface area contributed by atoms with Gasteiger partial charge in [-0.3, -0.25) is 4.57 Å². The second-order valence-electron chi connectivity index (χ2n) is 3.42. The summed E-state index contributed by atoms with van der Waals surface area (Å²) in [5.74, 6) is 0. The van der Waals surface area contributed by atoms with Gasteiger partial charge in [0, 0.05) is 26.0 Å². The van der Waals surface area contributed by atoms with Crippen molar-refractivity contribution >= 4 is 17.1 Å². The molecule has 0 rings (SSSR count). The van der Waals surface area contributed by atoms with Gasteiger partial charge in [-0.2, -0.15) is 0 Å². The van der Waals surface area contributed by atoms with Crippen LogP contribution in [0.15, 0.2) is 0 Å². The van der Waals surface area contributed by atoms with E-state index in [1.54, 1.807) is 20.8 Å². The third kappa shape index (κ3) is 13.2. The van der Waals surface area contributed by atoms with Crippen molar-refractivity contribution in [1.29, 1.82) is 0 Å². The summed E-state index contributed by atoms with van der Waals surface area (Å²) in [5, 5.41) is 0. The summed E-state index contributed by atoms with van der Waals surface area (Å²) in [5.41, 5.74) is 0. The molecule has 0 amide bonds. The Morgan fingerprint density at radius 3 is 1.25 bits per heavy atom. The minimum atomic E-state index is -2.70. The van der Waals surface area contributed by atoms with Gasteiger partial charge in [0.15, 0.2) is 0 Å². The Morgan fingerprint density at radius 1 is 0.700 bits per heavy atom. The van der Waals surface area contributed by atoms with E-state index in [-0.39, 0.29) is 0 Å². The first-order valence-corrected chi connectivity index (χ1v) is 10.4. The van der Waals surface area contributed by atoms with Gasteiger partial charge in [-0.15, -0.1) is 0 Å². The highest BCUT2D eigenvalue weighted by Crippen LogP contribution is 2.47. The molecular formula is C12H31O6PSi. The Labute approximate surface area is 125 Å². The zero-order valence-corrected chi connectivity index (χ0v) is 15.8. The zero-order chi connectivity index (χ0) is 15.9. The lowest BCUT2D eigenvalue weighted by Gasteiger charge is -2.13. The van der Waals surface area contributed by atoms with E-state index in [9.17, 15) is 4.57 Å². The Balaban J connectivity index is 0. The van der Waals surface area contributed by atoms with E-state index in [4.69, 9.17) is 22.3 Å². The summed E-state index contributed by atoms with van der Waals surface area (Å²) in [6.45, 7) is 14.2. The summed E-state index contributed by atoms with van der Waals surface area (Å²) in [4.78, 5) is 0. The highest BCUT2D eigenvalue weighted by molar-refractivity contribution is 7.53. The van der Waals surface area contributed by atoms with E-state index >= 15 is 0 Å². The van der Waals surface area contributed by atoms with Crippen LogP contribution in [0, 0.1) is 0 Å². The highest BCUT2D eigenvalue weighted by Gasteiger charge is 2.19. The van der Waals surface area contributed by atoms with Gasteiger partial charge in [0.2, 0.25) is 0 Å². The monoisotopic (exact) mass is 330 g/mol. The Kier molecular flexibility index (Phi) is 17.6. The molecule has 6 nitrogen and oxygen atoms in total. The fraction of sp³-hybridized carbons (Fsp3) is 1.00. The summed E-state index contributed by atoms with van der Waals surface area (Å²) >= 11 is 0. The third-order valence-corrected chi connectivity index (χ3v) is 5.84. The fourth-order valence-electron chi connectivity index (χ4n) is 1.17. The van der Waals surface area contributed by atoms with Crippen LogP contribution in [-0.2, 0) is 26.9 Å². The lowest BCUT2D eigenvalue weighted by Crippen LogP contribution is -2.27. The van der Waals surface area contributed by atoms with Crippen LogP contribution >= 0.6 is 7.60 Å². The van der Waals surface area contributed by atoms with Crippen molar-refractivity contribution in [3.05, 3.63) is 0 Å². The summed E-state index contributed by atoms with van der Waals surface area (Å²) in [6, 6.07) is 0. The normalized spacial score (nSPS) is 11.3. The molecule has 0 atom stereocenters. The molecule has 0 aromatic heterocycles. The lowest BCUT2D eigenvalue weighted by molar-refractivity contribution is 0.107. The number of hydrogen-bond donors (Lipinski definition) is 0. The molecule has 0 saturated heterocycles. The van der Waals surface area contributed by atoms with E-state index in [0.717, 1.165) is 0 Å². The van der Waals surface area contributed by atoms with Crippen molar-refractivity contribution in [3.8, 4) is 0 Å². The van der Waals surface area contributed by atoms with Crippen LogP contribution < -0.4 is 0 Å². The molecule has 0 saturated carbocycles. The van der Waals surface area contributed by atoms with Gasteiger partial charge in [0.25, 0.3) is 0 Å². The fourth-order valence-corrected chi connectivity index (χ4v) is 3.50. The molecule has 8 heteroatoms. The van der Waals surface area contributed by atoms with E-state index < -0.39 is 17.1 Å². The van der Waals surface area contributed by atoms with Gasteiger partial charge < -0.3 is 22.3 Å². The molecule has 20 heavy (non-hydrogen) atoms. The maximum Gasteiger partial charge on any atom is 0.484 e. The van der Waals surface area contributed by atoms with Crippen molar-refractivity contribution in [2.24, 2.45) is 0 Å². The summed E-state index contributed by atoms with van der Waals surface area (Å²) in [6.07, 6.45) is 0.453. The van der Waals surface area contributed by atoms with Crippen molar-refractivity contribution in [2.75, 3.05) is 39.2 Å². The molecular weight excluding hydrogens is 299 g/mol. The first-order valence-electron chi connectivity index (χ1n) is 7.26. The SMILES string of the molecule is CCOP(=O)(CC)OCC.CCO[SiH](OCC)OCC. The Morgan fingerprint density at radius 2 is 1.05 bits per heavy atom. The van der Waals surface area contributed by atoms with Gasteiger partial charge in [-0.25, -0.2) is 0 Å². The largest absolute Gasteiger partial charge is 0.484 e. The van der Waals surface area contributed by atoms with Gasteiger partial charge >= 0.3 is 17.1 Å². The van der Waals surface area contributed by atoms with Crippen LogP contribution in [0.4, 0.5) is 0 Å². The molecule has 0 aliphatic carbocycles. The van der Waals surface area contributed by atoms with Crippen LogP contribution in [0.25, 0.3) is 0 Å². The topological polar surface area (TPSA) is 63.2 Å². The molecule has 0 aliphatic heterocycles. The second kappa shape index (κ2) is 15.6. The van der Waals surface area contributed by atoms with Crippen LogP contribution in [-0.4, -0.2) is 48.7 Å². The Bertz CT molecular complexity index is 218. The first-order chi connectivity index (χ1) is 9.53. The van der Waals surface area contributed by atoms with Crippen LogP contribution in [0.3, 0.4) is 0 Å². The van der Waals surface area contributed by atoms with Crippen molar-refractivity contribution in [2.45, 2.75) is 41.5 Å². The third-order valence-electron chi connectivity index (χ3n) is 1.95. The smallest absolute Gasteiger partial charge is 0.376 e. The van der Waals surface area contributed by atoms with Crippen LogP contribution in [0.2, 0.25) is 0 Å². The standard InChI is InChI=1S/C6H15O3P.C6H16O3Si/c1-4-8-10(7,6-3)9-5-2;1-4-7-10(8-5-2)9-6-3/h4-6H2,1-3H3;10H,4-6H2,1-3H3.